The Hall–Kier alpha value is -2.69. The van der Waals surface area contributed by atoms with Crippen LogP contribution in [0, 0.1) is 12.8 Å². The Morgan fingerprint density at radius 3 is 2.36 bits per heavy atom. The Labute approximate surface area is 190 Å². The lowest BCUT2D eigenvalue weighted by Gasteiger charge is -2.43. The fourth-order valence-corrected chi connectivity index (χ4v) is 5.88. The van der Waals surface area contributed by atoms with Gasteiger partial charge >= 0.3 is 6.18 Å². The molecule has 1 aromatic carbocycles. The number of halogens is 3. The van der Waals surface area contributed by atoms with E-state index >= 15 is 0 Å². The Balaban J connectivity index is 1.58. The number of aromatic nitrogens is 2. The number of amides is 1. The van der Waals surface area contributed by atoms with Gasteiger partial charge in [-0.3, -0.25) is 4.79 Å². The monoisotopic (exact) mass is 482 g/mol. The number of aryl methyl sites for hydroxylation is 1. The van der Waals surface area contributed by atoms with Crippen molar-refractivity contribution < 1.29 is 26.4 Å². The van der Waals surface area contributed by atoms with E-state index in [1.54, 1.807) is 9.80 Å². The normalized spacial score (nSPS) is 21.8. The molecular weight excluding hydrogens is 457 g/mol. The fourth-order valence-electron chi connectivity index (χ4n) is 4.39. The van der Waals surface area contributed by atoms with Crippen LogP contribution < -0.4 is 4.90 Å². The first-order chi connectivity index (χ1) is 15.5. The van der Waals surface area contributed by atoms with Crippen molar-refractivity contribution in [1.29, 1.82) is 0 Å². The minimum atomic E-state index is -4.51. The third-order valence-electron chi connectivity index (χ3n) is 6.24. The van der Waals surface area contributed by atoms with Crippen molar-refractivity contribution in [3.05, 3.63) is 53.3 Å². The van der Waals surface area contributed by atoms with Gasteiger partial charge < -0.3 is 9.80 Å². The number of hydrogen-bond donors (Lipinski definition) is 0. The molecule has 7 nitrogen and oxygen atoms in total. The summed E-state index contributed by atoms with van der Waals surface area (Å²) < 4.78 is 62.2. The molecule has 0 aliphatic carbocycles. The number of sulfone groups is 1. The maximum atomic E-state index is 13.4. The van der Waals surface area contributed by atoms with Crippen molar-refractivity contribution in [3.8, 4) is 0 Å². The molecule has 11 heteroatoms. The topological polar surface area (TPSA) is 83.5 Å². The van der Waals surface area contributed by atoms with E-state index < -0.39 is 21.6 Å². The number of hydrogen-bond acceptors (Lipinski definition) is 6. The number of piperazine rings is 1. The van der Waals surface area contributed by atoms with Crippen LogP contribution in [0.3, 0.4) is 0 Å². The van der Waals surface area contributed by atoms with Crippen molar-refractivity contribution in [1.82, 2.24) is 14.9 Å². The number of nitrogens with zero attached hydrogens (tertiary/aromatic N) is 4. The molecule has 2 aliphatic rings. The van der Waals surface area contributed by atoms with Gasteiger partial charge in [0.15, 0.2) is 0 Å². The summed E-state index contributed by atoms with van der Waals surface area (Å²) in [4.78, 5) is 24.8. The smallest absolute Gasteiger partial charge is 0.337 e. The van der Waals surface area contributed by atoms with E-state index in [1.165, 1.54) is 0 Å². The molecule has 0 saturated carbocycles. The molecule has 0 N–H and O–H groups in total. The molecule has 0 bridgehead atoms. The summed E-state index contributed by atoms with van der Waals surface area (Å²) >= 11 is 0. The zero-order valence-electron chi connectivity index (χ0n) is 18.1. The van der Waals surface area contributed by atoms with Crippen LogP contribution in [0.1, 0.15) is 35.6 Å². The Morgan fingerprint density at radius 2 is 1.76 bits per heavy atom. The summed E-state index contributed by atoms with van der Waals surface area (Å²) in [6.07, 6.45) is -2.36. The van der Waals surface area contributed by atoms with Crippen molar-refractivity contribution in [2.24, 2.45) is 5.92 Å². The highest BCUT2D eigenvalue weighted by Gasteiger charge is 2.38. The number of carbonyl (C=O) groups is 1. The predicted molar refractivity (Wildman–Crippen MR) is 116 cm³/mol. The minimum Gasteiger partial charge on any atom is -0.337 e. The first-order valence-electron chi connectivity index (χ1n) is 10.8. The summed E-state index contributed by atoms with van der Waals surface area (Å²) in [5.41, 5.74) is 1.01. The third kappa shape index (κ3) is 5.29. The molecule has 178 valence electrons. The molecule has 1 aromatic heterocycles. The molecule has 4 rings (SSSR count). The number of anilines is 1. The van der Waals surface area contributed by atoms with Gasteiger partial charge in [-0.2, -0.15) is 13.2 Å². The van der Waals surface area contributed by atoms with Gasteiger partial charge in [0.2, 0.25) is 11.9 Å². The summed E-state index contributed by atoms with van der Waals surface area (Å²) in [5.74, 6) is -0.230. The summed E-state index contributed by atoms with van der Waals surface area (Å²) in [5, 5.41) is 0. The third-order valence-corrected chi connectivity index (χ3v) is 7.96. The van der Waals surface area contributed by atoms with Crippen molar-refractivity contribution >= 4 is 21.7 Å². The van der Waals surface area contributed by atoms with Crippen LogP contribution >= 0.6 is 0 Å². The first kappa shape index (κ1) is 23.5. The summed E-state index contributed by atoms with van der Waals surface area (Å²) in [6.45, 7) is 2.97. The molecule has 1 atom stereocenters. The van der Waals surface area contributed by atoms with E-state index in [0.717, 1.165) is 23.5 Å². The van der Waals surface area contributed by atoms with Gasteiger partial charge in [0.1, 0.15) is 9.84 Å². The van der Waals surface area contributed by atoms with Crippen LogP contribution in [0.2, 0.25) is 0 Å². The predicted octanol–water partition coefficient (Wildman–Crippen LogP) is 3.02. The van der Waals surface area contributed by atoms with Crippen LogP contribution in [0.15, 0.2) is 36.7 Å². The van der Waals surface area contributed by atoms with Gasteiger partial charge in [-0.05, 0) is 25.3 Å². The SMILES string of the molecule is Cc1cccc(C2CN(c3ncc(C(F)(F)F)cn3)CCN2C(=O)C2CCS(=O)(=O)CC2)c1. The van der Waals surface area contributed by atoms with Gasteiger partial charge in [0.05, 0.1) is 23.1 Å². The number of alkyl halides is 3. The molecule has 2 saturated heterocycles. The second-order valence-electron chi connectivity index (χ2n) is 8.60. The van der Waals surface area contributed by atoms with E-state index in [0.29, 0.717) is 32.5 Å². The van der Waals surface area contributed by atoms with E-state index in [2.05, 4.69) is 9.97 Å². The van der Waals surface area contributed by atoms with Gasteiger partial charge in [0.25, 0.3) is 0 Å². The maximum absolute atomic E-state index is 13.4. The van der Waals surface area contributed by atoms with Crippen LogP contribution in [0.4, 0.5) is 19.1 Å². The quantitative estimate of drug-likeness (QED) is 0.669. The highest BCUT2D eigenvalue weighted by atomic mass is 32.2. The molecule has 2 aliphatic heterocycles. The lowest BCUT2D eigenvalue weighted by atomic mass is 9.95. The van der Waals surface area contributed by atoms with Gasteiger partial charge in [-0.1, -0.05) is 29.8 Å². The van der Waals surface area contributed by atoms with E-state index in [9.17, 15) is 26.4 Å². The average Bonchev–Trinajstić information content (AvgIpc) is 2.78. The number of rotatable bonds is 3. The lowest BCUT2D eigenvalue weighted by molar-refractivity contribution is -0.139. The lowest BCUT2D eigenvalue weighted by Crippen LogP contribution is -2.53. The zero-order valence-corrected chi connectivity index (χ0v) is 18.9. The largest absolute Gasteiger partial charge is 0.419 e. The van der Waals surface area contributed by atoms with Crippen LogP contribution in [0.5, 0.6) is 0 Å². The maximum Gasteiger partial charge on any atom is 0.419 e. The van der Waals surface area contributed by atoms with Crippen LogP contribution in [-0.2, 0) is 20.8 Å². The molecule has 2 aromatic rings. The number of benzene rings is 1. The molecule has 0 spiro atoms. The summed E-state index contributed by atoms with van der Waals surface area (Å²) in [6, 6.07) is 7.39. The molecule has 33 heavy (non-hydrogen) atoms. The zero-order chi connectivity index (χ0) is 23.8. The minimum absolute atomic E-state index is 0.0118. The first-order valence-corrected chi connectivity index (χ1v) is 12.6. The van der Waals surface area contributed by atoms with Crippen molar-refractivity contribution in [3.63, 3.8) is 0 Å². The van der Waals surface area contributed by atoms with E-state index in [4.69, 9.17) is 0 Å². The van der Waals surface area contributed by atoms with Crippen LogP contribution in [0.25, 0.3) is 0 Å². The van der Waals surface area contributed by atoms with Crippen molar-refractivity contribution in [2.45, 2.75) is 32.0 Å². The molecular formula is C22H25F3N4O3S. The van der Waals surface area contributed by atoms with Crippen molar-refractivity contribution in [2.75, 3.05) is 36.0 Å². The van der Waals surface area contributed by atoms with Crippen LogP contribution in [-0.4, -0.2) is 60.3 Å². The molecule has 1 unspecified atom stereocenters. The average molecular weight is 483 g/mol. The highest BCUT2D eigenvalue weighted by Crippen LogP contribution is 2.33. The Kier molecular flexibility index (Phi) is 6.35. The molecule has 1 amide bonds. The van der Waals surface area contributed by atoms with Gasteiger partial charge in [-0.15, -0.1) is 0 Å². The molecule has 0 radical (unpaired) electrons. The number of carbonyl (C=O) groups excluding carboxylic acids is 1. The molecule has 2 fully saturated rings. The standard InChI is InChI=1S/C22H25F3N4O3S/c1-15-3-2-4-17(11-15)19-14-28(21-26-12-18(13-27-21)22(23,24)25)7-8-29(19)20(30)16-5-9-33(31,32)10-6-16/h2-4,11-13,16,19H,5-10,14H2,1H3. The fraction of sp³-hybridized carbons (Fsp3) is 0.500. The van der Waals surface area contributed by atoms with E-state index in [1.807, 2.05) is 31.2 Å². The second kappa shape index (κ2) is 8.92. The molecule has 3 heterocycles. The van der Waals surface area contributed by atoms with E-state index in [-0.39, 0.29) is 35.3 Å². The Morgan fingerprint density at radius 1 is 1.09 bits per heavy atom. The highest BCUT2D eigenvalue weighted by molar-refractivity contribution is 7.91. The van der Waals surface area contributed by atoms with Gasteiger partial charge in [-0.25, -0.2) is 18.4 Å². The van der Waals surface area contributed by atoms with Gasteiger partial charge in [0, 0.05) is 37.9 Å². The Bertz CT molecular complexity index is 1110. The second-order valence-corrected chi connectivity index (χ2v) is 10.9. The summed E-state index contributed by atoms with van der Waals surface area (Å²) in [7, 11) is -3.09.